The van der Waals surface area contributed by atoms with Crippen LogP contribution in [0.4, 0.5) is 0 Å². The van der Waals surface area contributed by atoms with E-state index in [2.05, 4.69) is 4.72 Å². The number of hydrogen-bond acceptors (Lipinski definition) is 4. The maximum absolute atomic E-state index is 12.8. The smallest absolute Gasteiger partial charge is 0.464 e. The zero-order valence-corrected chi connectivity index (χ0v) is 18.1. The van der Waals surface area contributed by atoms with Crippen molar-refractivity contribution in [3.05, 3.63) is 36.1 Å². The van der Waals surface area contributed by atoms with Crippen molar-refractivity contribution in [2.24, 2.45) is 0 Å². The average Bonchev–Trinajstić information content (AvgIpc) is 3.04. The first-order chi connectivity index (χ1) is 12.4. The van der Waals surface area contributed by atoms with E-state index in [9.17, 15) is 4.21 Å². The van der Waals surface area contributed by atoms with Gasteiger partial charge in [0.2, 0.25) is 0 Å². The molecule has 0 unspecified atom stereocenters. The minimum Gasteiger partial charge on any atom is -0.464 e. The second-order valence-corrected chi connectivity index (χ2v) is 11.2. The average molecular weight is 391 g/mol. The summed E-state index contributed by atoms with van der Waals surface area (Å²) < 4.78 is 33.9. The van der Waals surface area contributed by atoms with Gasteiger partial charge in [-0.15, -0.1) is 0 Å². The lowest BCUT2D eigenvalue weighted by atomic mass is 9.75. The summed E-state index contributed by atoms with van der Waals surface area (Å²) in [5.74, 6) is -0.271. The molecule has 5 nitrogen and oxygen atoms in total. The van der Waals surface area contributed by atoms with Crippen molar-refractivity contribution in [2.45, 2.75) is 76.8 Å². The molecule has 148 valence electrons. The van der Waals surface area contributed by atoms with Gasteiger partial charge >= 0.3 is 7.12 Å². The molecule has 3 rings (SSSR count). The van der Waals surface area contributed by atoms with E-state index in [1.807, 2.05) is 72.7 Å². The Morgan fingerprint density at radius 2 is 1.70 bits per heavy atom. The van der Waals surface area contributed by atoms with Gasteiger partial charge in [-0.25, -0.2) is 8.93 Å². The molecular weight excluding hydrogens is 361 g/mol. The Bertz CT molecular complexity index is 824. The molecule has 1 aliphatic rings. The molecule has 0 aliphatic carbocycles. The van der Waals surface area contributed by atoms with Crippen LogP contribution < -0.4 is 4.72 Å². The summed E-state index contributed by atoms with van der Waals surface area (Å²) in [6.07, 6.45) is 2.36. The minimum atomic E-state index is -1.25. The third-order valence-electron chi connectivity index (χ3n) is 5.42. The van der Waals surface area contributed by atoms with Crippen LogP contribution in [0.15, 0.2) is 34.9 Å². The Hall–Kier alpha value is -1.15. The molecule has 2 heterocycles. The van der Waals surface area contributed by atoms with Crippen LogP contribution in [0.2, 0.25) is 0 Å². The van der Waals surface area contributed by atoms with Crippen LogP contribution in [0.5, 0.6) is 0 Å². The zero-order chi connectivity index (χ0) is 20.0. The number of nitrogens with one attached hydrogen (secondary N) is 1. The Kier molecular flexibility index (Phi) is 5.36. The largest absolute Gasteiger partial charge is 0.477 e. The highest BCUT2D eigenvalue weighted by Gasteiger charge is 2.54. The molecule has 1 saturated heterocycles. The van der Waals surface area contributed by atoms with Crippen LogP contribution in [0.25, 0.3) is 11.0 Å². The van der Waals surface area contributed by atoms with Crippen LogP contribution >= 0.6 is 0 Å². The van der Waals surface area contributed by atoms with Crippen molar-refractivity contribution in [3.63, 3.8) is 0 Å². The maximum Gasteiger partial charge on any atom is 0.477 e. The Morgan fingerprint density at radius 1 is 1.11 bits per heavy atom. The van der Waals surface area contributed by atoms with Gasteiger partial charge in [-0.2, -0.15) is 0 Å². The Balaban J connectivity index is 1.90. The monoisotopic (exact) mass is 391 g/mol. The summed E-state index contributed by atoms with van der Waals surface area (Å²) in [6, 6.07) is 7.93. The number of hydrogen-bond donors (Lipinski definition) is 1. The first kappa shape index (κ1) is 20.6. The van der Waals surface area contributed by atoms with Crippen LogP contribution in [0.3, 0.4) is 0 Å². The predicted octanol–water partition coefficient (Wildman–Crippen LogP) is 4.03. The number of rotatable bonds is 5. The minimum absolute atomic E-state index is 0.271. The van der Waals surface area contributed by atoms with Gasteiger partial charge in [0.25, 0.3) is 0 Å². The maximum atomic E-state index is 12.8. The number of benzene rings is 1. The van der Waals surface area contributed by atoms with Gasteiger partial charge in [-0.1, -0.05) is 18.2 Å². The molecule has 0 amide bonds. The van der Waals surface area contributed by atoms with E-state index >= 15 is 0 Å². The molecule has 7 heteroatoms. The van der Waals surface area contributed by atoms with Gasteiger partial charge < -0.3 is 13.7 Å². The highest BCUT2D eigenvalue weighted by Crippen LogP contribution is 2.38. The SMILES string of the molecule is CC(C)(C)[S@@](=O)N[C@@H](Cc1coc2ccccc12)B1OC(C)(C)C(C)(C)O1. The fourth-order valence-electron chi connectivity index (χ4n) is 2.99. The van der Waals surface area contributed by atoms with Crippen molar-refractivity contribution in [3.8, 4) is 0 Å². The Labute approximate surface area is 164 Å². The van der Waals surface area contributed by atoms with E-state index in [-0.39, 0.29) is 10.7 Å². The molecule has 1 aromatic heterocycles. The highest BCUT2D eigenvalue weighted by atomic mass is 32.2. The van der Waals surface area contributed by atoms with E-state index in [1.54, 1.807) is 6.26 Å². The van der Waals surface area contributed by atoms with E-state index < -0.39 is 29.3 Å². The van der Waals surface area contributed by atoms with Gasteiger partial charge in [-0.3, -0.25) is 0 Å². The second kappa shape index (κ2) is 7.03. The van der Waals surface area contributed by atoms with Gasteiger partial charge in [0, 0.05) is 5.39 Å². The van der Waals surface area contributed by atoms with Crippen LogP contribution in [-0.4, -0.2) is 33.2 Å². The van der Waals surface area contributed by atoms with Crippen molar-refractivity contribution in [1.82, 2.24) is 4.72 Å². The third kappa shape index (κ3) is 4.16. The third-order valence-corrected chi connectivity index (χ3v) is 7.04. The second-order valence-electron chi connectivity index (χ2n) is 9.19. The zero-order valence-electron chi connectivity index (χ0n) is 17.3. The summed E-state index contributed by atoms with van der Waals surface area (Å²) >= 11 is 0. The first-order valence-electron chi connectivity index (χ1n) is 9.39. The van der Waals surface area contributed by atoms with Crippen LogP contribution in [-0.2, 0) is 26.7 Å². The lowest BCUT2D eigenvalue weighted by Gasteiger charge is -2.32. The molecule has 0 spiro atoms. The first-order valence-corrected chi connectivity index (χ1v) is 10.5. The predicted molar refractivity (Wildman–Crippen MR) is 111 cm³/mol. The van der Waals surface area contributed by atoms with Crippen LogP contribution in [0.1, 0.15) is 54.0 Å². The summed E-state index contributed by atoms with van der Waals surface area (Å²) in [5.41, 5.74) is 0.999. The molecule has 0 radical (unpaired) electrons. The normalized spacial score (nSPS) is 21.5. The lowest BCUT2D eigenvalue weighted by molar-refractivity contribution is 0.00578. The van der Waals surface area contributed by atoms with E-state index in [0.29, 0.717) is 6.42 Å². The van der Waals surface area contributed by atoms with E-state index in [0.717, 1.165) is 16.5 Å². The summed E-state index contributed by atoms with van der Waals surface area (Å²) in [7, 11) is -1.75. The highest BCUT2D eigenvalue weighted by molar-refractivity contribution is 7.84. The standard InChI is InChI=1S/C20H30BNO4S/c1-18(2,3)27(23)22-17(21-25-19(4,5)20(6,7)26-21)12-14-13-24-16-11-9-8-10-15(14)16/h8-11,13,17,22H,12H2,1-7H3/t17-,27+/m0/s1. The van der Waals surface area contributed by atoms with Gasteiger partial charge in [-0.05, 0) is 66.5 Å². The molecule has 1 aromatic carbocycles. The summed E-state index contributed by atoms with van der Waals surface area (Å²) in [5, 5.41) is 1.06. The number of fused-ring (bicyclic) bond motifs is 1. The van der Waals surface area contributed by atoms with Crippen molar-refractivity contribution in [2.75, 3.05) is 0 Å². The lowest BCUT2D eigenvalue weighted by Crippen LogP contribution is -2.50. The topological polar surface area (TPSA) is 60.7 Å². The molecule has 1 N–H and O–H groups in total. The van der Waals surface area contributed by atoms with Gasteiger partial charge in [0.05, 0.1) is 39.1 Å². The molecule has 1 aliphatic heterocycles. The van der Waals surface area contributed by atoms with E-state index in [4.69, 9.17) is 13.7 Å². The van der Waals surface area contributed by atoms with Gasteiger partial charge in [0.1, 0.15) is 5.58 Å². The fraction of sp³-hybridized carbons (Fsp3) is 0.600. The van der Waals surface area contributed by atoms with Crippen molar-refractivity contribution in [1.29, 1.82) is 0 Å². The molecule has 1 fully saturated rings. The fourth-order valence-corrected chi connectivity index (χ4v) is 3.81. The quantitative estimate of drug-likeness (QED) is 0.782. The van der Waals surface area contributed by atoms with E-state index in [1.165, 1.54) is 0 Å². The number of furan rings is 1. The number of para-hydroxylation sites is 1. The molecule has 27 heavy (non-hydrogen) atoms. The molecular formula is C20H30BNO4S. The molecule has 0 saturated carbocycles. The summed E-state index contributed by atoms with van der Waals surface area (Å²) in [6.45, 7) is 14.0. The van der Waals surface area contributed by atoms with Crippen molar-refractivity contribution < 1.29 is 17.9 Å². The summed E-state index contributed by atoms with van der Waals surface area (Å²) in [4.78, 5) is 0. The Morgan fingerprint density at radius 3 is 2.30 bits per heavy atom. The van der Waals surface area contributed by atoms with Gasteiger partial charge in [0.15, 0.2) is 0 Å². The molecule has 2 aromatic rings. The van der Waals surface area contributed by atoms with Crippen LogP contribution in [0, 0.1) is 0 Å². The molecule has 0 bridgehead atoms. The molecule has 2 atom stereocenters. The van der Waals surface area contributed by atoms with Crippen molar-refractivity contribution >= 4 is 29.1 Å².